The third-order valence-electron chi connectivity index (χ3n) is 4.82. The molecule has 0 radical (unpaired) electrons. The number of fused-ring (bicyclic) bond motifs is 4. The van der Waals surface area contributed by atoms with Gasteiger partial charge in [-0.2, -0.15) is 0 Å². The van der Waals surface area contributed by atoms with E-state index in [1.165, 1.54) is 0 Å². The van der Waals surface area contributed by atoms with Crippen molar-refractivity contribution in [2.24, 2.45) is 0 Å². The molecule has 0 saturated carbocycles. The van der Waals surface area contributed by atoms with Crippen LogP contribution in [0.25, 0.3) is 21.8 Å². The first kappa shape index (κ1) is 14.7. The van der Waals surface area contributed by atoms with Gasteiger partial charge in [0.2, 0.25) is 5.95 Å². The van der Waals surface area contributed by atoms with Gasteiger partial charge in [0, 0.05) is 0 Å². The average Bonchev–Trinajstić information content (AvgIpc) is 3.05. The van der Waals surface area contributed by atoms with E-state index in [4.69, 9.17) is 0 Å². The number of benzene rings is 3. The summed E-state index contributed by atoms with van der Waals surface area (Å²) in [7, 11) is 0. The maximum Gasteiger partial charge on any atom is 0.352 e. The summed E-state index contributed by atoms with van der Waals surface area (Å²) < 4.78 is 2.06. The van der Waals surface area contributed by atoms with Crippen molar-refractivity contribution in [3.8, 4) is 0 Å². The number of nitrogens with zero attached hydrogens (tertiary/aromatic N) is 2. The summed E-state index contributed by atoms with van der Waals surface area (Å²) in [5, 5.41) is 14.7. The number of aromatic nitrogens is 2. The Morgan fingerprint density at radius 1 is 1.00 bits per heavy atom. The van der Waals surface area contributed by atoms with Crippen LogP contribution in [-0.4, -0.2) is 20.6 Å². The van der Waals surface area contributed by atoms with Gasteiger partial charge in [0.25, 0.3) is 0 Å². The molecule has 0 saturated heterocycles. The summed E-state index contributed by atoms with van der Waals surface area (Å²) in [6.07, 6.45) is 1.76. The van der Waals surface area contributed by atoms with Crippen LogP contribution in [-0.2, 0) is 4.79 Å². The molecular weight excluding hydrogens is 326 g/mol. The van der Waals surface area contributed by atoms with E-state index in [-0.39, 0.29) is 11.7 Å². The van der Waals surface area contributed by atoms with Gasteiger partial charge in [0.1, 0.15) is 5.70 Å². The number of para-hydroxylation sites is 2. The summed E-state index contributed by atoms with van der Waals surface area (Å²) in [5.74, 6) is -0.447. The molecule has 2 heterocycles. The van der Waals surface area contributed by atoms with Crippen molar-refractivity contribution in [3.63, 3.8) is 0 Å². The molecule has 1 atom stereocenters. The Morgan fingerprint density at radius 2 is 1.77 bits per heavy atom. The lowest BCUT2D eigenvalue weighted by Gasteiger charge is -2.26. The highest BCUT2D eigenvalue weighted by molar-refractivity contribution is 5.93. The lowest BCUT2D eigenvalue weighted by Crippen LogP contribution is -2.23. The van der Waals surface area contributed by atoms with E-state index in [0.717, 1.165) is 27.4 Å². The topological polar surface area (TPSA) is 67.1 Å². The van der Waals surface area contributed by atoms with Crippen LogP contribution >= 0.6 is 0 Å². The molecule has 5 nitrogen and oxygen atoms in total. The summed E-state index contributed by atoms with van der Waals surface area (Å²) >= 11 is 0. The fourth-order valence-electron chi connectivity index (χ4n) is 3.67. The van der Waals surface area contributed by atoms with Crippen LogP contribution in [0.2, 0.25) is 0 Å². The summed E-state index contributed by atoms with van der Waals surface area (Å²) in [6.45, 7) is 0. The van der Waals surface area contributed by atoms with Crippen molar-refractivity contribution in [2.75, 3.05) is 5.32 Å². The molecule has 4 aromatic rings. The van der Waals surface area contributed by atoms with Crippen molar-refractivity contribution in [2.45, 2.75) is 6.04 Å². The van der Waals surface area contributed by atoms with Gasteiger partial charge in [-0.25, -0.2) is 9.78 Å². The van der Waals surface area contributed by atoms with Crippen LogP contribution in [0, 0.1) is 0 Å². The van der Waals surface area contributed by atoms with Crippen LogP contribution in [0.5, 0.6) is 0 Å². The second-order valence-corrected chi connectivity index (χ2v) is 6.32. The Hall–Kier alpha value is -3.60. The van der Waals surface area contributed by atoms with Crippen molar-refractivity contribution in [3.05, 3.63) is 84.1 Å². The SMILES string of the molecule is O=C(O)C1=C[C@@H](c2cccc3ccccc23)n2c(nc3ccccc32)N1. The van der Waals surface area contributed by atoms with Crippen molar-refractivity contribution in [1.29, 1.82) is 0 Å². The quantitative estimate of drug-likeness (QED) is 0.574. The molecular formula is C21H15N3O2. The molecule has 0 bridgehead atoms. The van der Waals surface area contributed by atoms with Crippen LogP contribution in [0.15, 0.2) is 78.5 Å². The van der Waals surface area contributed by atoms with E-state index < -0.39 is 5.97 Å². The smallest absolute Gasteiger partial charge is 0.352 e. The predicted octanol–water partition coefficient (Wildman–Crippen LogP) is 4.17. The number of carbonyl (C=O) groups is 1. The standard InChI is InChI=1S/C21H15N3O2/c25-20(26)17-12-19(15-9-5-7-13-6-1-2-8-14(13)15)24-18-11-4-3-10-16(18)22-21(24)23-17/h1-12,19H,(H,22,23)(H,25,26)/t19-/m0/s1. The number of hydrogen-bond acceptors (Lipinski definition) is 3. The van der Waals surface area contributed by atoms with Crippen LogP contribution in [0.3, 0.4) is 0 Å². The fraction of sp³-hybridized carbons (Fsp3) is 0.0476. The highest BCUT2D eigenvalue weighted by Crippen LogP contribution is 2.37. The van der Waals surface area contributed by atoms with E-state index in [9.17, 15) is 9.90 Å². The van der Waals surface area contributed by atoms with Crippen molar-refractivity contribution < 1.29 is 9.90 Å². The van der Waals surface area contributed by atoms with Crippen LogP contribution < -0.4 is 5.32 Å². The van der Waals surface area contributed by atoms with Gasteiger partial charge in [0.05, 0.1) is 17.1 Å². The van der Waals surface area contributed by atoms with Gasteiger partial charge in [-0.15, -0.1) is 0 Å². The summed E-state index contributed by atoms with van der Waals surface area (Å²) in [4.78, 5) is 16.2. The Morgan fingerprint density at radius 3 is 2.65 bits per heavy atom. The van der Waals surface area contributed by atoms with Crippen LogP contribution in [0.1, 0.15) is 11.6 Å². The number of anilines is 1. The Kier molecular flexibility index (Phi) is 3.09. The highest BCUT2D eigenvalue weighted by atomic mass is 16.4. The molecule has 5 rings (SSSR count). The lowest BCUT2D eigenvalue weighted by molar-refractivity contribution is -0.132. The maximum absolute atomic E-state index is 11.7. The zero-order chi connectivity index (χ0) is 17.7. The second-order valence-electron chi connectivity index (χ2n) is 6.32. The third-order valence-corrected chi connectivity index (χ3v) is 4.82. The average molecular weight is 341 g/mol. The van der Waals surface area contributed by atoms with E-state index in [1.54, 1.807) is 6.08 Å². The first-order valence-electron chi connectivity index (χ1n) is 8.39. The predicted molar refractivity (Wildman–Crippen MR) is 101 cm³/mol. The number of allylic oxidation sites excluding steroid dienone is 1. The van der Waals surface area contributed by atoms with Gasteiger partial charge in [-0.1, -0.05) is 54.6 Å². The highest BCUT2D eigenvalue weighted by Gasteiger charge is 2.27. The number of hydrogen-bond donors (Lipinski definition) is 2. The molecule has 1 aromatic heterocycles. The molecule has 2 N–H and O–H groups in total. The Bertz CT molecular complexity index is 1200. The molecule has 0 amide bonds. The minimum Gasteiger partial charge on any atom is -0.477 e. The molecule has 1 aliphatic heterocycles. The molecule has 26 heavy (non-hydrogen) atoms. The summed E-state index contributed by atoms with van der Waals surface area (Å²) in [6, 6.07) is 21.8. The van der Waals surface area contributed by atoms with E-state index in [0.29, 0.717) is 5.95 Å². The first-order valence-corrected chi connectivity index (χ1v) is 8.39. The number of imidazole rings is 1. The normalized spacial score (nSPS) is 16.2. The maximum atomic E-state index is 11.7. The first-order chi connectivity index (χ1) is 12.7. The van der Waals surface area contributed by atoms with Gasteiger partial charge in [-0.3, -0.25) is 4.57 Å². The number of aliphatic carboxylic acids is 1. The van der Waals surface area contributed by atoms with Gasteiger partial charge >= 0.3 is 5.97 Å². The van der Waals surface area contributed by atoms with E-state index in [2.05, 4.69) is 33.1 Å². The monoisotopic (exact) mass is 341 g/mol. The largest absolute Gasteiger partial charge is 0.477 e. The van der Waals surface area contributed by atoms with E-state index in [1.807, 2.05) is 48.5 Å². The summed E-state index contributed by atoms with van der Waals surface area (Å²) in [5.41, 5.74) is 2.99. The molecule has 3 aromatic carbocycles. The molecule has 1 aliphatic rings. The Balaban J connectivity index is 1.83. The fourth-order valence-corrected chi connectivity index (χ4v) is 3.67. The van der Waals surface area contributed by atoms with Crippen molar-refractivity contribution in [1.82, 2.24) is 9.55 Å². The van der Waals surface area contributed by atoms with Crippen LogP contribution in [0.4, 0.5) is 5.95 Å². The zero-order valence-corrected chi connectivity index (χ0v) is 13.8. The Labute approximate surface area is 149 Å². The minimum absolute atomic E-state index is 0.144. The number of rotatable bonds is 2. The van der Waals surface area contributed by atoms with E-state index >= 15 is 0 Å². The molecule has 0 spiro atoms. The second kappa shape index (κ2) is 5.46. The number of carboxylic acids is 1. The van der Waals surface area contributed by atoms with Crippen molar-refractivity contribution >= 4 is 33.7 Å². The minimum atomic E-state index is -0.992. The number of carboxylic acid groups (broad SMARTS) is 1. The molecule has 5 heteroatoms. The zero-order valence-electron chi connectivity index (χ0n) is 13.8. The molecule has 0 aliphatic carbocycles. The van der Waals surface area contributed by atoms with Gasteiger partial charge in [-0.05, 0) is 34.5 Å². The molecule has 0 fully saturated rings. The molecule has 0 unspecified atom stereocenters. The number of nitrogens with one attached hydrogen (secondary N) is 1. The van der Waals surface area contributed by atoms with Gasteiger partial charge in [0.15, 0.2) is 0 Å². The third kappa shape index (κ3) is 2.10. The lowest BCUT2D eigenvalue weighted by atomic mass is 9.97. The van der Waals surface area contributed by atoms with Gasteiger partial charge < -0.3 is 10.4 Å². The molecule has 126 valence electrons.